The third-order valence-electron chi connectivity index (χ3n) is 2.65. The van der Waals surface area contributed by atoms with E-state index in [2.05, 4.69) is 15.9 Å². The topological polar surface area (TPSA) is 0 Å². The highest BCUT2D eigenvalue weighted by atomic mass is 79.9. The Balaban J connectivity index is 2.11. The smallest absolute Gasteiger partial charge is 0.0176 e. The second-order valence-electron chi connectivity index (χ2n) is 3.19. The van der Waals surface area contributed by atoms with Crippen molar-refractivity contribution in [2.24, 2.45) is 11.8 Å². The Labute approximate surface area is 58.8 Å². The van der Waals surface area contributed by atoms with Gasteiger partial charge in [0, 0.05) is 4.83 Å². The zero-order valence-electron chi connectivity index (χ0n) is 4.94. The molecule has 1 heteroatoms. The monoisotopic (exact) mass is 174 g/mol. The van der Waals surface area contributed by atoms with Gasteiger partial charge in [-0.3, -0.25) is 0 Å². The Morgan fingerprint density at radius 1 is 1.12 bits per heavy atom. The van der Waals surface area contributed by atoms with Crippen LogP contribution in [0.2, 0.25) is 0 Å². The summed E-state index contributed by atoms with van der Waals surface area (Å²) >= 11 is 3.70. The Kier molecular flexibility index (Phi) is 1.14. The first-order valence-electron chi connectivity index (χ1n) is 3.50. The summed E-state index contributed by atoms with van der Waals surface area (Å²) in [4.78, 5) is 0.890. The van der Waals surface area contributed by atoms with Crippen LogP contribution in [0, 0.1) is 11.8 Å². The molecule has 0 spiro atoms. The van der Waals surface area contributed by atoms with Crippen LogP contribution >= 0.6 is 15.9 Å². The number of fused-ring (bicyclic) bond motifs is 2. The van der Waals surface area contributed by atoms with Gasteiger partial charge in [0.1, 0.15) is 0 Å². The normalized spacial score (nSPS) is 52.9. The second kappa shape index (κ2) is 1.73. The number of alkyl halides is 1. The first kappa shape index (κ1) is 5.28. The summed E-state index contributed by atoms with van der Waals surface area (Å²) in [6.07, 6.45) is 6.01. The van der Waals surface area contributed by atoms with Crippen molar-refractivity contribution >= 4 is 15.9 Å². The molecule has 2 bridgehead atoms. The maximum atomic E-state index is 3.70. The molecule has 2 rings (SSSR count). The molecule has 2 aliphatic carbocycles. The molecule has 8 heavy (non-hydrogen) atoms. The molecule has 2 fully saturated rings. The fourth-order valence-corrected chi connectivity index (χ4v) is 3.18. The van der Waals surface area contributed by atoms with Gasteiger partial charge < -0.3 is 0 Å². The van der Waals surface area contributed by atoms with Crippen molar-refractivity contribution in [2.45, 2.75) is 30.5 Å². The lowest BCUT2D eigenvalue weighted by molar-refractivity contribution is 0.497. The third-order valence-corrected chi connectivity index (χ3v) is 3.77. The van der Waals surface area contributed by atoms with E-state index in [9.17, 15) is 0 Å². The molecule has 2 saturated carbocycles. The minimum Gasteiger partial charge on any atom is -0.0888 e. The number of hydrogen-bond acceptors (Lipinski definition) is 0. The van der Waals surface area contributed by atoms with Gasteiger partial charge in [0.25, 0.3) is 0 Å². The van der Waals surface area contributed by atoms with E-state index < -0.39 is 0 Å². The van der Waals surface area contributed by atoms with Crippen molar-refractivity contribution in [2.75, 3.05) is 0 Å². The molecule has 0 aromatic carbocycles. The van der Waals surface area contributed by atoms with Crippen molar-refractivity contribution < 1.29 is 0 Å². The molecule has 0 heterocycles. The van der Waals surface area contributed by atoms with Gasteiger partial charge in [0.15, 0.2) is 0 Å². The number of rotatable bonds is 0. The maximum Gasteiger partial charge on any atom is 0.0176 e. The fraction of sp³-hybridized carbons (Fsp3) is 1.00. The van der Waals surface area contributed by atoms with Crippen LogP contribution in [0.1, 0.15) is 25.7 Å². The number of halogens is 1. The maximum absolute atomic E-state index is 3.70. The van der Waals surface area contributed by atoms with Gasteiger partial charge in [-0.1, -0.05) is 22.4 Å². The predicted molar refractivity (Wildman–Crippen MR) is 38.2 cm³/mol. The second-order valence-corrected chi connectivity index (χ2v) is 4.37. The van der Waals surface area contributed by atoms with Crippen LogP contribution < -0.4 is 0 Å². The van der Waals surface area contributed by atoms with Crippen LogP contribution in [0.4, 0.5) is 0 Å². The Hall–Kier alpha value is 0.480. The minimum absolute atomic E-state index is 0.890. The molecule has 0 aliphatic heterocycles. The minimum atomic E-state index is 0.890. The van der Waals surface area contributed by atoms with Crippen LogP contribution in [0.15, 0.2) is 0 Å². The van der Waals surface area contributed by atoms with Gasteiger partial charge in [-0.2, -0.15) is 0 Å². The summed E-state index contributed by atoms with van der Waals surface area (Å²) in [6.45, 7) is 0. The van der Waals surface area contributed by atoms with Gasteiger partial charge in [0.2, 0.25) is 0 Å². The Morgan fingerprint density at radius 3 is 2.25 bits per heavy atom. The van der Waals surface area contributed by atoms with E-state index in [1.165, 1.54) is 25.7 Å². The molecule has 0 nitrogen and oxygen atoms in total. The summed E-state index contributed by atoms with van der Waals surface area (Å²) in [5.41, 5.74) is 0. The first-order valence-corrected chi connectivity index (χ1v) is 4.42. The Bertz CT molecular complexity index is 98.6. The summed E-state index contributed by atoms with van der Waals surface area (Å²) < 4.78 is 0. The molecule has 0 saturated heterocycles. The average molecular weight is 175 g/mol. The van der Waals surface area contributed by atoms with E-state index in [0.29, 0.717) is 0 Å². The predicted octanol–water partition coefficient (Wildman–Crippen LogP) is 2.57. The van der Waals surface area contributed by atoms with E-state index in [1.807, 2.05) is 0 Å². The van der Waals surface area contributed by atoms with Crippen LogP contribution in [0.25, 0.3) is 0 Å². The highest BCUT2D eigenvalue weighted by Gasteiger charge is 2.37. The molecule has 0 unspecified atom stereocenters. The third kappa shape index (κ3) is 0.637. The lowest BCUT2D eigenvalue weighted by atomic mass is 10.0. The van der Waals surface area contributed by atoms with Gasteiger partial charge in [-0.05, 0) is 31.1 Å². The van der Waals surface area contributed by atoms with E-state index in [4.69, 9.17) is 0 Å². The fourth-order valence-electron chi connectivity index (χ4n) is 2.17. The lowest BCUT2D eigenvalue weighted by Gasteiger charge is -2.13. The molecule has 0 aromatic rings. The lowest BCUT2D eigenvalue weighted by Crippen LogP contribution is -2.07. The van der Waals surface area contributed by atoms with E-state index in [1.54, 1.807) is 0 Å². The summed E-state index contributed by atoms with van der Waals surface area (Å²) in [5.74, 6) is 2.16. The highest BCUT2D eigenvalue weighted by Crippen LogP contribution is 2.47. The number of hydrogen-bond donors (Lipinski definition) is 0. The van der Waals surface area contributed by atoms with Crippen LogP contribution in [0.3, 0.4) is 0 Å². The molecule has 0 amide bonds. The van der Waals surface area contributed by atoms with Crippen molar-refractivity contribution in [1.82, 2.24) is 0 Å². The Morgan fingerprint density at radius 2 is 2.00 bits per heavy atom. The van der Waals surface area contributed by atoms with Crippen molar-refractivity contribution in [3.63, 3.8) is 0 Å². The first-order chi connectivity index (χ1) is 3.86. The molecule has 3 atom stereocenters. The van der Waals surface area contributed by atoms with Crippen molar-refractivity contribution in [1.29, 1.82) is 0 Å². The van der Waals surface area contributed by atoms with Crippen LogP contribution in [-0.4, -0.2) is 4.83 Å². The standard InChI is InChI=1S/C7H11Br/c8-7-4-5-1-2-6(7)3-5/h5-7H,1-4H2/t5-,6+,7-/m1/s1. The van der Waals surface area contributed by atoms with Crippen molar-refractivity contribution in [3.8, 4) is 0 Å². The van der Waals surface area contributed by atoms with Crippen LogP contribution in [-0.2, 0) is 0 Å². The SMILES string of the molecule is Br[C@@H]1C[C@@H]2CC[C@H]1C2. The zero-order valence-corrected chi connectivity index (χ0v) is 6.52. The molecular weight excluding hydrogens is 164 g/mol. The molecule has 0 aromatic heterocycles. The molecule has 46 valence electrons. The average Bonchev–Trinajstić information content (AvgIpc) is 2.23. The quantitative estimate of drug-likeness (QED) is 0.496. The van der Waals surface area contributed by atoms with Crippen molar-refractivity contribution in [3.05, 3.63) is 0 Å². The zero-order chi connectivity index (χ0) is 5.56. The molecule has 0 N–H and O–H groups in total. The molecule has 0 radical (unpaired) electrons. The molecular formula is C7H11Br. The van der Waals surface area contributed by atoms with E-state index in [-0.39, 0.29) is 0 Å². The highest BCUT2D eigenvalue weighted by molar-refractivity contribution is 9.09. The summed E-state index contributed by atoms with van der Waals surface area (Å²) in [5, 5.41) is 0. The van der Waals surface area contributed by atoms with E-state index in [0.717, 1.165) is 16.7 Å². The largest absolute Gasteiger partial charge is 0.0888 e. The summed E-state index contributed by atoms with van der Waals surface area (Å²) in [6, 6.07) is 0. The van der Waals surface area contributed by atoms with Gasteiger partial charge in [-0.15, -0.1) is 0 Å². The van der Waals surface area contributed by atoms with E-state index >= 15 is 0 Å². The molecule has 2 aliphatic rings. The van der Waals surface area contributed by atoms with Gasteiger partial charge in [-0.25, -0.2) is 0 Å². The van der Waals surface area contributed by atoms with Gasteiger partial charge in [0.05, 0.1) is 0 Å². The summed E-state index contributed by atoms with van der Waals surface area (Å²) in [7, 11) is 0. The van der Waals surface area contributed by atoms with Crippen LogP contribution in [0.5, 0.6) is 0 Å². The van der Waals surface area contributed by atoms with Gasteiger partial charge >= 0.3 is 0 Å².